The zero-order valence-electron chi connectivity index (χ0n) is 11.6. The summed E-state index contributed by atoms with van der Waals surface area (Å²) in [5.74, 6) is 0.0336. The predicted octanol–water partition coefficient (Wildman–Crippen LogP) is 0.847. The van der Waals surface area contributed by atoms with Crippen molar-refractivity contribution in [1.82, 2.24) is 0 Å². The maximum absolute atomic E-state index is 10.4. The molecule has 1 atom stereocenters. The Bertz CT molecular complexity index is 458. The van der Waals surface area contributed by atoms with Crippen molar-refractivity contribution in [2.45, 2.75) is 6.10 Å². The fourth-order valence-electron chi connectivity index (χ4n) is 1.73. The molecule has 0 aliphatic heterocycles. The Kier molecular flexibility index (Phi) is 6.08. The monoisotopic (exact) mass is 286 g/mol. The number of carboxylic acids is 1. The molecule has 7 nitrogen and oxygen atoms in total. The van der Waals surface area contributed by atoms with Crippen LogP contribution in [0.3, 0.4) is 0 Å². The smallest absolute Gasteiger partial charge is 0.329 e. The number of carboxylic acid groups (broad SMARTS) is 1. The third kappa shape index (κ3) is 3.75. The van der Waals surface area contributed by atoms with Crippen molar-refractivity contribution in [2.24, 2.45) is 0 Å². The van der Waals surface area contributed by atoms with E-state index in [0.717, 1.165) is 0 Å². The molecule has 0 aliphatic carbocycles. The first-order chi connectivity index (χ1) is 9.54. The average Bonchev–Trinajstić information content (AvgIpc) is 2.44. The van der Waals surface area contributed by atoms with Gasteiger partial charge in [-0.05, 0) is 12.1 Å². The lowest BCUT2D eigenvalue weighted by Gasteiger charge is -2.18. The van der Waals surface area contributed by atoms with Crippen molar-refractivity contribution < 1.29 is 34.0 Å². The summed E-state index contributed by atoms with van der Waals surface area (Å²) in [5, 5.41) is 18.5. The fourth-order valence-corrected chi connectivity index (χ4v) is 1.73. The Morgan fingerprint density at radius 2 is 1.80 bits per heavy atom. The zero-order valence-corrected chi connectivity index (χ0v) is 11.6. The molecule has 0 bridgehead atoms. The first kappa shape index (κ1) is 16.1. The van der Waals surface area contributed by atoms with Gasteiger partial charge in [0, 0.05) is 5.56 Å². The van der Waals surface area contributed by atoms with Crippen LogP contribution in [0, 0.1) is 0 Å². The number of benzene rings is 1. The van der Waals surface area contributed by atoms with Gasteiger partial charge in [-0.1, -0.05) is 0 Å². The molecule has 2 N–H and O–H groups in total. The fraction of sp³-hybridized carbons (Fsp3) is 0.462. The number of aliphatic hydroxyl groups is 1. The predicted molar refractivity (Wildman–Crippen MR) is 69.5 cm³/mol. The van der Waals surface area contributed by atoms with E-state index in [-0.39, 0.29) is 6.61 Å². The van der Waals surface area contributed by atoms with Gasteiger partial charge < -0.3 is 29.2 Å². The summed E-state index contributed by atoms with van der Waals surface area (Å²) in [6.45, 7) is -0.648. The average molecular weight is 286 g/mol. The number of hydrogen-bond donors (Lipinski definition) is 2. The first-order valence-electron chi connectivity index (χ1n) is 5.81. The first-order valence-corrected chi connectivity index (χ1v) is 5.81. The van der Waals surface area contributed by atoms with Crippen molar-refractivity contribution in [2.75, 3.05) is 34.5 Å². The number of rotatable bonds is 8. The molecule has 0 saturated heterocycles. The molecule has 0 aromatic heterocycles. The van der Waals surface area contributed by atoms with Crippen LogP contribution in [0.2, 0.25) is 0 Å². The second-order valence-corrected chi connectivity index (χ2v) is 3.85. The Balaban J connectivity index is 2.96. The lowest BCUT2D eigenvalue weighted by molar-refractivity contribution is -0.143. The number of methoxy groups -OCH3 is 3. The topological polar surface area (TPSA) is 94.5 Å². The quantitative estimate of drug-likeness (QED) is 0.731. The van der Waals surface area contributed by atoms with Crippen LogP contribution in [-0.2, 0) is 9.53 Å². The minimum Gasteiger partial charge on any atom is -0.493 e. The number of aliphatic hydroxyl groups excluding tert-OH is 1. The Labute approximate surface area is 116 Å². The van der Waals surface area contributed by atoms with Gasteiger partial charge in [0.2, 0.25) is 5.75 Å². The summed E-state index contributed by atoms with van der Waals surface area (Å²) in [7, 11) is 4.38. The summed E-state index contributed by atoms with van der Waals surface area (Å²) < 4.78 is 20.4. The van der Waals surface area contributed by atoms with Crippen LogP contribution in [0.5, 0.6) is 17.2 Å². The molecule has 0 radical (unpaired) electrons. The normalized spacial score (nSPS) is 11.8. The number of aliphatic carboxylic acids is 1. The zero-order chi connectivity index (χ0) is 15.1. The molecule has 1 unspecified atom stereocenters. The van der Waals surface area contributed by atoms with E-state index in [1.165, 1.54) is 21.3 Å². The van der Waals surface area contributed by atoms with Gasteiger partial charge >= 0.3 is 5.97 Å². The van der Waals surface area contributed by atoms with Gasteiger partial charge in [0.25, 0.3) is 0 Å². The molecule has 1 rings (SSSR count). The van der Waals surface area contributed by atoms with Crippen LogP contribution in [0.15, 0.2) is 12.1 Å². The molecule has 0 saturated carbocycles. The van der Waals surface area contributed by atoms with E-state index in [9.17, 15) is 9.90 Å². The van der Waals surface area contributed by atoms with Gasteiger partial charge in [-0.25, -0.2) is 4.79 Å². The summed E-state index contributed by atoms with van der Waals surface area (Å²) >= 11 is 0. The van der Waals surface area contributed by atoms with E-state index in [4.69, 9.17) is 24.1 Å². The van der Waals surface area contributed by atoms with E-state index >= 15 is 0 Å². The van der Waals surface area contributed by atoms with Crippen molar-refractivity contribution in [3.05, 3.63) is 17.7 Å². The van der Waals surface area contributed by atoms with Gasteiger partial charge in [0.15, 0.2) is 11.5 Å². The van der Waals surface area contributed by atoms with Crippen LogP contribution in [0.4, 0.5) is 0 Å². The van der Waals surface area contributed by atoms with Gasteiger partial charge in [0.1, 0.15) is 12.7 Å². The van der Waals surface area contributed by atoms with E-state index in [1.807, 2.05) is 0 Å². The van der Waals surface area contributed by atoms with E-state index in [1.54, 1.807) is 12.1 Å². The van der Waals surface area contributed by atoms with Gasteiger partial charge in [-0.3, -0.25) is 0 Å². The van der Waals surface area contributed by atoms with Crippen molar-refractivity contribution in [3.8, 4) is 17.2 Å². The molecule has 1 aromatic rings. The molecule has 0 amide bonds. The van der Waals surface area contributed by atoms with Gasteiger partial charge in [-0.15, -0.1) is 0 Å². The highest BCUT2D eigenvalue weighted by Gasteiger charge is 2.21. The molecule has 0 fully saturated rings. The molecule has 7 heteroatoms. The molecule has 0 heterocycles. The van der Waals surface area contributed by atoms with Gasteiger partial charge in [-0.2, -0.15) is 0 Å². The third-order valence-corrected chi connectivity index (χ3v) is 2.59. The highest BCUT2D eigenvalue weighted by Crippen LogP contribution is 2.41. The van der Waals surface area contributed by atoms with E-state index in [2.05, 4.69) is 0 Å². The second-order valence-electron chi connectivity index (χ2n) is 3.85. The Hall–Kier alpha value is -1.99. The molecule has 1 aromatic carbocycles. The standard InChI is InChI=1S/C13H18O7/c1-17-10-5-4-8(12(18-2)13(10)19-3)9(14)6-20-7-11(15)16/h4-5,9,14H,6-7H2,1-3H3,(H,15,16). The van der Waals surface area contributed by atoms with Crippen LogP contribution >= 0.6 is 0 Å². The lowest BCUT2D eigenvalue weighted by atomic mass is 10.1. The second kappa shape index (κ2) is 7.56. The lowest BCUT2D eigenvalue weighted by Crippen LogP contribution is -2.14. The van der Waals surface area contributed by atoms with Crippen LogP contribution in [-0.4, -0.2) is 50.7 Å². The highest BCUT2D eigenvalue weighted by molar-refractivity contribution is 5.68. The largest absolute Gasteiger partial charge is 0.493 e. The molecule has 20 heavy (non-hydrogen) atoms. The Morgan fingerprint density at radius 1 is 1.15 bits per heavy atom. The minimum absolute atomic E-state index is 0.169. The van der Waals surface area contributed by atoms with Crippen molar-refractivity contribution >= 4 is 5.97 Å². The van der Waals surface area contributed by atoms with E-state index < -0.39 is 18.7 Å². The maximum atomic E-state index is 10.4. The van der Waals surface area contributed by atoms with Crippen molar-refractivity contribution in [3.63, 3.8) is 0 Å². The molecule has 0 aliphatic rings. The molecule has 112 valence electrons. The summed E-state index contributed by atoms with van der Waals surface area (Å²) in [5.41, 5.74) is 0.426. The van der Waals surface area contributed by atoms with Crippen LogP contribution in [0.25, 0.3) is 0 Å². The van der Waals surface area contributed by atoms with Crippen LogP contribution in [0.1, 0.15) is 11.7 Å². The molecular formula is C13H18O7. The van der Waals surface area contributed by atoms with E-state index in [0.29, 0.717) is 22.8 Å². The molecular weight excluding hydrogens is 268 g/mol. The Morgan fingerprint density at radius 3 is 2.30 bits per heavy atom. The van der Waals surface area contributed by atoms with Crippen LogP contribution < -0.4 is 14.2 Å². The molecule has 0 spiro atoms. The van der Waals surface area contributed by atoms with Crippen molar-refractivity contribution in [1.29, 1.82) is 0 Å². The summed E-state index contributed by atoms with van der Waals surface area (Å²) in [6, 6.07) is 3.23. The minimum atomic E-state index is -1.10. The number of hydrogen-bond acceptors (Lipinski definition) is 6. The SMILES string of the molecule is COc1ccc(C(O)COCC(=O)O)c(OC)c1OC. The summed E-state index contributed by atoms with van der Waals surface area (Å²) in [4.78, 5) is 10.4. The third-order valence-electron chi connectivity index (χ3n) is 2.59. The summed E-state index contributed by atoms with van der Waals surface area (Å²) in [6.07, 6.45) is -1.04. The number of carbonyl (C=O) groups is 1. The highest BCUT2D eigenvalue weighted by atomic mass is 16.5. The van der Waals surface area contributed by atoms with Gasteiger partial charge in [0.05, 0.1) is 27.9 Å². The maximum Gasteiger partial charge on any atom is 0.329 e. The number of ether oxygens (including phenoxy) is 4.